The molecule has 2 rings (SSSR count). The fourth-order valence-electron chi connectivity index (χ4n) is 1.87. The number of aryl methyl sites for hydroxylation is 2. The lowest BCUT2D eigenvalue weighted by Crippen LogP contribution is -2.08. The molecule has 0 aliphatic heterocycles. The van der Waals surface area contributed by atoms with Crippen LogP contribution in [-0.4, -0.2) is 15.0 Å². The molecule has 0 radical (unpaired) electrons. The highest BCUT2D eigenvalue weighted by Crippen LogP contribution is 2.15. The molecule has 0 amide bonds. The Hall–Kier alpha value is -1.17. The molecule has 0 aliphatic rings. The number of halogens is 1. The van der Waals surface area contributed by atoms with E-state index in [1.54, 1.807) is 24.3 Å². The zero-order valence-corrected chi connectivity index (χ0v) is 14.2. The van der Waals surface area contributed by atoms with Crippen molar-refractivity contribution in [2.45, 2.75) is 24.7 Å². The molecule has 0 saturated carbocycles. The number of rotatable bonds is 6. The average molecular weight is 369 g/mol. The summed E-state index contributed by atoms with van der Waals surface area (Å²) in [5.41, 5.74) is 2.18. The largest absolute Gasteiger partial charge is 0.296 e. The molecule has 0 fully saturated rings. The van der Waals surface area contributed by atoms with Crippen LogP contribution in [0.3, 0.4) is 0 Å². The molecule has 2 aromatic carbocycles. The molecule has 2 aromatic rings. The van der Waals surface area contributed by atoms with Crippen molar-refractivity contribution < 1.29 is 12.6 Å². The standard InChI is InChI=1S/C16H17BrO3S/c1-13-4-10-16(11-5-13)21(18,19)20-12-2-3-14-6-8-15(17)9-7-14/h4-11H,2-3,12H2,1H3. The van der Waals surface area contributed by atoms with Gasteiger partial charge in [0.15, 0.2) is 0 Å². The Bertz CT molecular complexity index is 676. The van der Waals surface area contributed by atoms with Crippen molar-refractivity contribution in [3.05, 3.63) is 64.1 Å². The molecular weight excluding hydrogens is 352 g/mol. The molecular formula is C16H17BrO3S. The number of benzene rings is 2. The van der Waals surface area contributed by atoms with E-state index in [4.69, 9.17) is 4.18 Å². The monoisotopic (exact) mass is 368 g/mol. The second-order valence-electron chi connectivity index (χ2n) is 4.82. The van der Waals surface area contributed by atoms with Gasteiger partial charge in [0.1, 0.15) is 0 Å². The minimum absolute atomic E-state index is 0.187. The summed E-state index contributed by atoms with van der Waals surface area (Å²) in [6.45, 7) is 2.10. The Morgan fingerprint density at radius 1 is 1.00 bits per heavy atom. The van der Waals surface area contributed by atoms with E-state index in [0.717, 1.165) is 22.0 Å². The van der Waals surface area contributed by atoms with Gasteiger partial charge in [0.05, 0.1) is 11.5 Å². The van der Waals surface area contributed by atoms with E-state index < -0.39 is 10.1 Å². The third-order valence-corrected chi connectivity index (χ3v) is 4.93. The first-order valence-electron chi connectivity index (χ1n) is 6.68. The van der Waals surface area contributed by atoms with E-state index in [0.29, 0.717) is 6.42 Å². The van der Waals surface area contributed by atoms with Crippen LogP contribution in [0.15, 0.2) is 57.9 Å². The van der Waals surface area contributed by atoms with Crippen LogP contribution in [0.4, 0.5) is 0 Å². The van der Waals surface area contributed by atoms with Gasteiger partial charge in [0, 0.05) is 4.47 Å². The third kappa shape index (κ3) is 4.95. The lowest BCUT2D eigenvalue weighted by Gasteiger charge is -2.06. The predicted octanol–water partition coefficient (Wildman–Crippen LogP) is 4.10. The molecule has 0 unspecified atom stereocenters. The van der Waals surface area contributed by atoms with E-state index in [1.807, 2.05) is 31.2 Å². The first kappa shape index (κ1) is 16.2. The Kier molecular flexibility index (Phi) is 5.56. The quantitative estimate of drug-likeness (QED) is 0.569. The normalized spacial score (nSPS) is 11.5. The Labute approximate surface area is 134 Å². The zero-order valence-electron chi connectivity index (χ0n) is 11.8. The zero-order chi connectivity index (χ0) is 15.3. The lowest BCUT2D eigenvalue weighted by molar-refractivity contribution is 0.312. The fourth-order valence-corrected chi connectivity index (χ4v) is 3.08. The van der Waals surface area contributed by atoms with Gasteiger partial charge in [-0.15, -0.1) is 0 Å². The van der Waals surface area contributed by atoms with E-state index in [1.165, 1.54) is 0 Å². The van der Waals surface area contributed by atoms with Gasteiger partial charge < -0.3 is 0 Å². The number of hydrogen-bond donors (Lipinski definition) is 0. The Balaban J connectivity index is 1.85. The molecule has 0 heterocycles. The molecule has 0 N–H and O–H groups in total. The maximum Gasteiger partial charge on any atom is 0.296 e. The summed E-state index contributed by atoms with van der Waals surface area (Å²) in [5.74, 6) is 0. The van der Waals surface area contributed by atoms with Crippen LogP contribution in [0, 0.1) is 6.92 Å². The van der Waals surface area contributed by atoms with Gasteiger partial charge in [-0.2, -0.15) is 8.42 Å². The van der Waals surface area contributed by atoms with E-state index >= 15 is 0 Å². The van der Waals surface area contributed by atoms with Gasteiger partial charge in [-0.25, -0.2) is 0 Å². The van der Waals surface area contributed by atoms with Crippen LogP contribution in [0.1, 0.15) is 17.5 Å². The minimum Gasteiger partial charge on any atom is -0.266 e. The molecule has 0 aliphatic carbocycles. The third-order valence-electron chi connectivity index (χ3n) is 3.07. The van der Waals surface area contributed by atoms with Gasteiger partial charge in [0.25, 0.3) is 10.1 Å². The van der Waals surface area contributed by atoms with Crippen LogP contribution in [0.25, 0.3) is 0 Å². The van der Waals surface area contributed by atoms with Crippen LogP contribution in [-0.2, 0) is 20.7 Å². The predicted molar refractivity (Wildman–Crippen MR) is 86.8 cm³/mol. The maximum absolute atomic E-state index is 12.0. The van der Waals surface area contributed by atoms with Gasteiger partial charge in [-0.05, 0) is 49.6 Å². The molecule has 21 heavy (non-hydrogen) atoms. The Morgan fingerprint density at radius 3 is 2.24 bits per heavy atom. The first-order valence-corrected chi connectivity index (χ1v) is 8.88. The van der Waals surface area contributed by atoms with Gasteiger partial charge in [-0.1, -0.05) is 45.8 Å². The molecule has 0 aromatic heterocycles. The number of hydrogen-bond acceptors (Lipinski definition) is 3. The summed E-state index contributed by atoms with van der Waals surface area (Å²) in [6.07, 6.45) is 1.45. The van der Waals surface area contributed by atoms with Crippen molar-refractivity contribution in [3.8, 4) is 0 Å². The van der Waals surface area contributed by atoms with Gasteiger partial charge in [-0.3, -0.25) is 4.18 Å². The van der Waals surface area contributed by atoms with Crippen molar-refractivity contribution in [1.29, 1.82) is 0 Å². The summed E-state index contributed by atoms with van der Waals surface area (Å²) < 4.78 is 30.0. The van der Waals surface area contributed by atoms with E-state index in [2.05, 4.69) is 15.9 Å². The van der Waals surface area contributed by atoms with Crippen molar-refractivity contribution in [2.24, 2.45) is 0 Å². The second kappa shape index (κ2) is 7.20. The van der Waals surface area contributed by atoms with Crippen molar-refractivity contribution >= 4 is 26.0 Å². The topological polar surface area (TPSA) is 43.4 Å². The molecule has 0 atom stereocenters. The molecule has 112 valence electrons. The lowest BCUT2D eigenvalue weighted by atomic mass is 10.1. The summed E-state index contributed by atoms with van der Waals surface area (Å²) >= 11 is 3.38. The summed E-state index contributed by atoms with van der Waals surface area (Å²) in [7, 11) is -3.65. The van der Waals surface area contributed by atoms with Crippen LogP contribution in [0.2, 0.25) is 0 Å². The van der Waals surface area contributed by atoms with Crippen molar-refractivity contribution in [3.63, 3.8) is 0 Å². The maximum atomic E-state index is 12.0. The minimum atomic E-state index is -3.65. The highest BCUT2D eigenvalue weighted by molar-refractivity contribution is 9.10. The molecule has 5 heteroatoms. The highest BCUT2D eigenvalue weighted by Gasteiger charge is 2.14. The molecule has 3 nitrogen and oxygen atoms in total. The SMILES string of the molecule is Cc1ccc(S(=O)(=O)OCCCc2ccc(Br)cc2)cc1. The first-order chi connectivity index (χ1) is 9.97. The van der Waals surface area contributed by atoms with Gasteiger partial charge >= 0.3 is 0 Å². The van der Waals surface area contributed by atoms with E-state index in [-0.39, 0.29) is 11.5 Å². The summed E-state index contributed by atoms with van der Waals surface area (Å²) in [6, 6.07) is 14.6. The van der Waals surface area contributed by atoms with Crippen LogP contribution < -0.4 is 0 Å². The molecule has 0 bridgehead atoms. The summed E-state index contributed by atoms with van der Waals surface area (Å²) in [5, 5.41) is 0. The fraction of sp³-hybridized carbons (Fsp3) is 0.250. The van der Waals surface area contributed by atoms with Crippen LogP contribution in [0.5, 0.6) is 0 Å². The van der Waals surface area contributed by atoms with Crippen molar-refractivity contribution in [2.75, 3.05) is 6.61 Å². The second-order valence-corrected chi connectivity index (χ2v) is 7.35. The average Bonchev–Trinajstić information content (AvgIpc) is 2.46. The van der Waals surface area contributed by atoms with E-state index in [9.17, 15) is 8.42 Å². The Morgan fingerprint density at radius 2 is 1.62 bits per heavy atom. The summed E-state index contributed by atoms with van der Waals surface area (Å²) in [4.78, 5) is 0.205. The molecule has 0 spiro atoms. The van der Waals surface area contributed by atoms with Crippen LogP contribution >= 0.6 is 15.9 Å². The molecule has 0 saturated heterocycles. The van der Waals surface area contributed by atoms with Gasteiger partial charge in [0.2, 0.25) is 0 Å². The van der Waals surface area contributed by atoms with Crippen molar-refractivity contribution in [1.82, 2.24) is 0 Å². The highest BCUT2D eigenvalue weighted by atomic mass is 79.9. The smallest absolute Gasteiger partial charge is 0.266 e.